The first-order valence-electron chi connectivity index (χ1n) is 8.64. The van der Waals surface area contributed by atoms with Gasteiger partial charge < -0.3 is 4.43 Å². The lowest BCUT2D eigenvalue weighted by Crippen LogP contribution is -2.41. The maximum atomic E-state index is 12.6. The predicted molar refractivity (Wildman–Crippen MR) is 95.2 cm³/mol. The third kappa shape index (κ3) is 3.39. The lowest BCUT2D eigenvalue weighted by atomic mass is 9.91. The largest absolute Gasteiger partial charge is 0.546 e. The van der Waals surface area contributed by atoms with Gasteiger partial charge in [0, 0.05) is 17.9 Å². The van der Waals surface area contributed by atoms with E-state index in [9.17, 15) is 4.79 Å². The van der Waals surface area contributed by atoms with Crippen molar-refractivity contribution in [2.24, 2.45) is 11.8 Å². The monoisotopic (exact) mass is 320 g/mol. The second kappa shape index (κ2) is 5.99. The Morgan fingerprint density at radius 2 is 1.86 bits per heavy atom. The van der Waals surface area contributed by atoms with Crippen LogP contribution in [0.25, 0.3) is 0 Å². The zero-order chi connectivity index (χ0) is 16.7. The van der Waals surface area contributed by atoms with Crippen LogP contribution in [-0.2, 0) is 9.22 Å². The topological polar surface area (TPSA) is 26.3 Å². The summed E-state index contributed by atoms with van der Waals surface area (Å²) in [7, 11) is -1.86. The van der Waals surface area contributed by atoms with Crippen LogP contribution in [0.1, 0.15) is 60.3 Å². The van der Waals surface area contributed by atoms with E-state index in [1.807, 2.05) is 13.8 Å². The molecule has 1 saturated carbocycles. The van der Waals surface area contributed by atoms with Crippen LogP contribution in [0.5, 0.6) is 0 Å². The fourth-order valence-electron chi connectivity index (χ4n) is 3.31. The van der Waals surface area contributed by atoms with Crippen LogP contribution in [0.4, 0.5) is 0 Å². The first-order chi connectivity index (χ1) is 10.0. The van der Waals surface area contributed by atoms with Gasteiger partial charge in [-0.2, -0.15) is 0 Å². The van der Waals surface area contributed by atoms with Crippen LogP contribution in [0.15, 0.2) is 23.0 Å². The van der Waals surface area contributed by atoms with Crippen LogP contribution in [0.2, 0.25) is 18.1 Å². The van der Waals surface area contributed by atoms with Gasteiger partial charge in [0.05, 0.1) is 5.76 Å². The average molecular weight is 321 g/mol. The first kappa shape index (κ1) is 17.5. The molecule has 0 bridgehead atoms. The summed E-state index contributed by atoms with van der Waals surface area (Å²) in [5.41, 5.74) is 2.00. The van der Waals surface area contributed by atoms with E-state index in [-0.39, 0.29) is 5.04 Å². The van der Waals surface area contributed by atoms with Gasteiger partial charge in [-0.05, 0) is 56.8 Å². The summed E-state index contributed by atoms with van der Waals surface area (Å²) in [6.07, 6.45) is 6.37. The lowest BCUT2D eigenvalue weighted by molar-refractivity contribution is -0.116. The zero-order valence-electron chi connectivity index (χ0n) is 15.4. The van der Waals surface area contributed by atoms with Gasteiger partial charge in [0.25, 0.3) is 0 Å². The number of ketones is 1. The molecule has 2 aliphatic carbocycles. The highest BCUT2D eigenvalue weighted by molar-refractivity contribution is 6.74. The predicted octanol–water partition coefficient (Wildman–Crippen LogP) is 5.62. The molecule has 0 N–H and O–H groups in total. The van der Waals surface area contributed by atoms with E-state index in [1.54, 1.807) is 0 Å². The SMILES string of the molecule is CC(C)=C1C=C(O[Si](C)(C)C(C)(C)C)[C@H]2CCC[C@H]2CC1=O. The number of rotatable bonds is 2. The molecule has 0 heterocycles. The van der Waals surface area contributed by atoms with Crippen LogP contribution < -0.4 is 0 Å². The summed E-state index contributed by atoms with van der Waals surface area (Å²) in [5, 5.41) is 0.184. The fraction of sp³-hybridized carbons (Fsp3) is 0.737. The molecule has 22 heavy (non-hydrogen) atoms. The Hall–Kier alpha value is -0.833. The van der Waals surface area contributed by atoms with Crippen molar-refractivity contribution < 1.29 is 9.22 Å². The van der Waals surface area contributed by atoms with E-state index in [0.717, 1.165) is 16.9 Å². The molecule has 0 aliphatic heterocycles. The molecule has 2 atom stereocenters. The Morgan fingerprint density at radius 3 is 2.41 bits per heavy atom. The fourth-order valence-corrected chi connectivity index (χ4v) is 4.42. The highest BCUT2D eigenvalue weighted by atomic mass is 28.4. The quantitative estimate of drug-likeness (QED) is 0.488. The molecular weight excluding hydrogens is 288 g/mol. The van der Waals surface area contributed by atoms with Crippen molar-refractivity contribution in [2.75, 3.05) is 0 Å². The third-order valence-electron chi connectivity index (χ3n) is 5.78. The molecule has 0 saturated heterocycles. The minimum Gasteiger partial charge on any atom is -0.546 e. The Labute approximate surface area is 137 Å². The molecule has 2 rings (SSSR count). The number of allylic oxidation sites excluding steroid dienone is 4. The highest BCUT2D eigenvalue weighted by Gasteiger charge is 2.43. The molecule has 0 spiro atoms. The van der Waals surface area contributed by atoms with E-state index >= 15 is 0 Å². The Balaban J connectivity index is 2.42. The summed E-state index contributed by atoms with van der Waals surface area (Å²) in [6.45, 7) is 15.5. The molecular formula is C19H32O2Si. The molecule has 0 aromatic heterocycles. The summed E-state index contributed by atoms with van der Waals surface area (Å²) in [4.78, 5) is 12.6. The van der Waals surface area contributed by atoms with Crippen molar-refractivity contribution in [3.8, 4) is 0 Å². The van der Waals surface area contributed by atoms with Crippen molar-refractivity contribution in [1.29, 1.82) is 0 Å². The molecule has 124 valence electrons. The molecule has 0 aromatic rings. The summed E-state index contributed by atoms with van der Waals surface area (Å²) in [5.74, 6) is 2.36. The average Bonchev–Trinajstić information content (AvgIpc) is 2.75. The Morgan fingerprint density at radius 1 is 1.23 bits per heavy atom. The van der Waals surface area contributed by atoms with Gasteiger partial charge in [-0.25, -0.2) is 0 Å². The van der Waals surface area contributed by atoms with Gasteiger partial charge in [-0.3, -0.25) is 4.79 Å². The molecule has 2 aliphatic rings. The van der Waals surface area contributed by atoms with Crippen molar-refractivity contribution in [1.82, 2.24) is 0 Å². The van der Waals surface area contributed by atoms with Crippen LogP contribution >= 0.6 is 0 Å². The lowest BCUT2D eigenvalue weighted by Gasteiger charge is -2.39. The summed E-state index contributed by atoms with van der Waals surface area (Å²) in [6, 6.07) is 0. The molecule has 0 amide bonds. The van der Waals surface area contributed by atoms with E-state index < -0.39 is 8.32 Å². The third-order valence-corrected chi connectivity index (χ3v) is 10.1. The van der Waals surface area contributed by atoms with Gasteiger partial charge >= 0.3 is 0 Å². The molecule has 1 fully saturated rings. The van der Waals surface area contributed by atoms with E-state index in [4.69, 9.17) is 4.43 Å². The normalized spacial score (nSPS) is 26.4. The first-order valence-corrected chi connectivity index (χ1v) is 11.5. The summed E-state index contributed by atoms with van der Waals surface area (Å²) >= 11 is 0. The minimum absolute atomic E-state index is 0.184. The Bertz CT molecular complexity index is 516. The smallest absolute Gasteiger partial charge is 0.250 e. The number of carbonyl (C=O) groups excluding carboxylic acids is 1. The second-order valence-corrected chi connectivity index (χ2v) is 13.5. The number of hydrogen-bond donors (Lipinski definition) is 0. The van der Waals surface area contributed by atoms with Crippen molar-refractivity contribution in [3.05, 3.63) is 23.0 Å². The van der Waals surface area contributed by atoms with Gasteiger partial charge in [0.2, 0.25) is 8.32 Å². The van der Waals surface area contributed by atoms with Crippen molar-refractivity contribution >= 4 is 14.1 Å². The molecule has 0 unspecified atom stereocenters. The zero-order valence-corrected chi connectivity index (χ0v) is 16.4. The maximum Gasteiger partial charge on any atom is 0.250 e. The van der Waals surface area contributed by atoms with E-state index in [1.165, 1.54) is 19.3 Å². The maximum absolute atomic E-state index is 12.6. The van der Waals surface area contributed by atoms with Crippen molar-refractivity contribution in [2.45, 2.75) is 78.4 Å². The van der Waals surface area contributed by atoms with Crippen molar-refractivity contribution in [3.63, 3.8) is 0 Å². The number of carbonyl (C=O) groups is 1. The molecule has 2 nitrogen and oxygen atoms in total. The van der Waals surface area contributed by atoms with Gasteiger partial charge in [-0.1, -0.05) is 32.8 Å². The number of hydrogen-bond acceptors (Lipinski definition) is 2. The van der Waals surface area contributed by atoms with Gasteiger partial charge in [0.15, 0.2) is 5.78 Å². The molecule has 3 heteroatoms. The standard InChI is InChI=1S/C19H32O2Si/c1-13(2)16-12-18(21-22(6,7)19(3,4)5)15-10-8-9-14(15)11-17(16)20/h12,14-15H,8-11H2,1-7H3/t14-,15-/m0/s1. The Kier molecular flexibility index (Phi) is 4.77. The van der Waals surface area contributed by atoms with Crippen LogP contribution in [0, 0.1) is 11.8 Å². The summed E-state index contributed by atoms with van der Waals surface area (Å²) < 4.78 is 6.68. The van der Waals surface area contributed by atoms with Crippen LogP contribution in [-0.4, -0.2) is 14.1 Å². The molecule has 0 aromatic carbocycles. The second-order valence-electron chi connectivity index (χ2n) is 8.75. The minimum atomic E-state index is -1.86. The number of Topliss-reactive ketones (excluding diaryl/α,β-unsaturated/α-hetero) is 1. The highest BCUT2D eigenvalue weighted by Crippen LogP contribution is 2.46. The van der Waals surface area contributed by atoms with E-state index in [0.29, 0.717) is 24.0 Å². The van der Waals surface area contributed by atoms with Gasteiger partial charge in [-0.15, -0.1) is 0 Å². The number of fused-ring (bicyclic) bond motifs is 1. The van der Waals surface area contributed by atoms with Crippen LogP contribution in [0.3, 0.4) is 0 Å². The van der Waals surface area contributed by atoms with E-state index in [2.05, 4.69) is 39.9 Å². The van der Waals surface area contributed by atoms with Gasteiger partial charge in [0.1, 0.15) is 0 Å². The molecule has 0 radical (unpaired) electrons.